The first-order valence-corrected chi connectivity index (χ1v) is 4.65. The van der Waals surface area contributed by atoms with Crippen molar-refractivity contribution >= 4 is 5.78 Å². The number of likely N-dealkylation sites (N-methyl/N-ethyl adjacent to an activating group) is 1. The van der Waals surface area contributed by atoms with Crippen molar-refractivity contribution < 1.29 is 4.79 Å². The lowest BCUT2D eigenvalue weighted by atomic mass is 10.2. The Morgan fingerprint density at radius 1 is 1.25 bits per heavy atom. The molecule has 1 fully saturated rings. The molecule has 0 aromatic carbocycles. The first kappa shape index (κ1) is 9.68. The molecule has 3 nitrogen and oxygen atoms in total. The normalized spacial score (nSPS) is 21.2. The molecule has 0 aromatic rings. The van der Waals surface area contributed by atoms with Crippen molar-refractivity contribution in [3.8, 4) is 0 Å². The van der Waals surface area contributed by atoms with Gasteiger partial charge in [-0.3, -0.25) is 9.69 Å². The first-order chi connectivity index (χ1) is 5.72. The van der Waals surface area contributed by atoms with E-state index in [0.29, 0.717) is 18.7 Å². The van der Waals surface area contributed by atoms with Gasteiger partial charge in [0, 0.05) is 32.6 Å². The quantitative estimate of drug-likeness (QED) is 0.605. The summed E-state index contributed by atoms with van der Waals surface area (Å²) in [5.41, 5.74) is 0. The Labute approximate surface area is 74.3 Å². The van der Waals surface area contributed by atoms with E-state index in [4.69, 9.17) is 0 Å². The van der Waals surface area contributed by atoms with Crippen LogP contribution in [0.2, 0.25) is 0 Å². The molecule has 1 aliphatic rings. The highest BCUT2D eigenvalue weighted by atomic mass is 16.1. The Kier molecular flexibility index (Phi) is 3.69. The van der Waals surface area contributed by atoms with Gasteiger partial charge in [0.2, 0.25) is 0 Å². The smallest absolute Gasteiger partial charge is 0.146 e. The highest BCUT2D eigenvalue weighted by Crippen LogP contribution is 1.99. The average molecular weight is 170 g/mol. The fourth-order valence-electron chi connectivity index (χ4n) is 1.37. The Bertz CT molecular complexity index is 151. The van der Waals surface area contributed by atoms with Gasteiger partial charge in [0.1, 0.15) is 5.78 Å². The zero-order chi connectivity index (χ0) is 8.97. The predicted octanol–water partition coefficient (Wildman–Crippen LogP) is 0.213. The Balaban J connectivity index is 2.21. The molecule has 0 aliphatic carbocycles. The third-order valence-electron chi connectivity index (χ3n) is 2.39. The van der Waals surface area contributed by atoms with E-state index < -0.39 is 0 Å². The van der Waals surface area contributed by atoms with Gasteiger partial charge in [-0.1, -0.05) is 6.92 Å². The molecule has 12 heavy (non-hydrogen) atoms. The summed E-state index contributed by atoms with van der Waals surface area (Å²) in [4.78, 5) is 15.6. The van der Waals surface area contributed by atoms with E-state index in [1.54, 1.807) is 0 Å². The van der Waals surface area contributed by atoms with Crippen LogP contribution in [0, 0.1) is 0 Å². The van der Waals surface area contributed by atoms with Gasteiger partial charge in [0.15, 0.2) is 0 Å². The van der Waals surface area contributed by atoms with Crippen LogP contribution in [0.15, 0.2) is 0 Å². The molecule has 0 N–H and O–H groups in total. The maximum absolute atomic E-state index is 11.1. The molecular weight excluding hydrogens is 152 g/mol. The molecule has 0 bridgehead atoms. The molecule has 0 saturated carbocycles. The molecule has 0 radical (unpaired) electrons. The Morgan fingerprint density at radius 3 is 2.33 bits per heavy atom. The van der Waals surface area contributed by atoms with Crippen LogP contribution in [0.4, 0.5) is 0 Å². The van der Waals surface area contributed by atoms with Gasteiger partial charge in [-0.05, 0) is 7.05 Å². The van der Waals surface area contributed by atoms with Crippen LogP contribution in [0.1, 0.15) is 13.3 Å². The van der Waals surface area contributed by atoms with Crippen LogP contribution in [-0.2, 0) is 4.79 Å². The number of ketones is 1. The van der Waals surface area contributed by atoms with E-state index in [-0.39, 0.29) is 0 Å². The number of nitrogens with zero attached hydrogens (tertiary/aromatic N) is 2. The second kappa shape index (κ2) is 4.58. The standard InChI is InChI=1S/C9H18N2O/c1-3-9(12)8-11-6-4-10(2)5-7-11/h3-8H2,1-2H3. The van der Waals surface area contributed by atoms with Gasteiger partial charge >= 0.3 is 0 Å². The number of hydrogen-bond donors (Lipinski definition) is 0. The summed E-state index contributed by atoms with van der Waals surface area (Å²) in [5.74, 6) is 0.361. The van der Waals surface area contributed by atoms with E-state index in [1.165, 1.54) is 0 Å². The zero-order valence-electron chi connectivity index (χ0n) is 8.05. The monoisotopic (exact) mass is 170 g/mol. The molecule has 1 aliphatic heterocycles. The number of Topliss-reactive ketones (excluding diaryl/α,β-unsaturated/α-hetero) is 1. The fourth-order valence-corrected chi connectivity index (χ4v) is 1.37. The third kappa shape index (κ3) is 2.91. The molecule has 70 valence electrons. The van der Waals surface area contributed by atoms with E-state index in [0.717, 1.165) is 26.2 Å². The molecule has 1 heterocycles. The molecule has 0 aromatic heterocycles. The number of piperazine rings is 1. The van der Waals surface area contributed by atoms with Gasteiger partial charge in [-0.25, -0.2) is 0 Å². The van der Waals surface area contributed by atoms with E-state index in [1.807, 2.05) is 6.92 Å². The first-order valence-electron chi connectivity index (χ1n) is 4.65. The minimum atomic E-state index is 0.361. The number of hydrogen-bond acceptors (Lipinski definition) is 3. The second-order valence-electron chi connectivity index (χ2n) is 3.47. The molecule has 1 rings (SSSR count). The largest absolute Gasteiger partial charge is 0.304 e. The summed E-state index contributed by atoms with van der Waals surface area (Å²) < 4.78 is 0. The lowest BCUT2D eigenvalue weighted by Crippen LogP contribution is -2.46. The molecule has 3 heteroatoms. The highest BCUT2D eigenvalue weighted by molar-refractivity contribution is 5.80. The fraction of sp³-hybridized carbons (Fsp3) is 0.889. The zero-order valence-corrected chi connectivity index (χ0v) is 8.05. The summed E-state index contributed by atoms with van der Waals surface area (Å²) in [6, 6.07) is 0. The maximum Gasteiger partial charge on any atom is 0.146 e. The van der Waals surface area contributed by atoms with Crippen LogP contribution in [0.3, 0.4) is 0 Å². The van der Waals surface area contributed by atoms with Crippen molar-refractivity contribution in [1.82, 2.24) is 9.80 Å². The SMILES string of the molecule is CCC(=O)CN1CCN(C)CC1. The topological polar surface area (TPSA) is 23.6 Å². The van der Waals surface area contributed by atoms with Crippen molar-refractivity contribution in [1.29, 1.82) is 0 Å². The number of carbonyl (C=O) groups is 1. The van der Waals surface area contributed by atoms with Crippen molar-refractivity contribution in [2.45, 2.75) is 13.3 Å². The minimum Gasteiger partial charge on any atom is -0.304 e. The third-order valence-corrected chi connectivity index (χ3v) is 2.39. The molecule has 1 saturated heterocycles. The summed E-state index contributed by atoms with van der Waals surface area (Å²) in [6.07, 6.45) is 0.673. The van der Waals surface area contributed by atoms with Crippen LogP contribution >= 0.6 is 0 Å². The molecule has 0 unspecified atom stereocenters. The summed E-state index contributed by atoms with van der Waals surface area (Å²) >= 11 is 0. The van der Waals surface area contributed by atoms with Crippen LogP contribution in [0.25, 0.3) is 0 Å². The Hall–Kier alpha value is -0.410. The van der Waals surface area contributed by atoms with E-state index in [2.05, 4.69) is 16.8 Å². The molecular formula is C9H18N2O. The van der Waals surface area contributed by atoms with Crippen molar-refractivity contribution in [3.63, 3.8) is 0 Å². The minimum absolute atomic E-state index is 0.361. The number of carbonyl (C=O) groups excluding carboxylic acids is 1. The summed E-state index contributed by atoms with van der Waals surface area (Å²) in [5, 5.41) is 0. The van der Waals surface area contributed by atoms with Crippen LogP contribution in [0.5, 0.6) is 0 Å². The van der Waals surface area contributed by atoms with Gasteiger partial charge in [-0.2, -0.15) is 0 Å². The molecule has 0 atom stereocenters. The van der Waals surface area contributed by atoms with Crippen molar-refractivity contribution in [2.75, 3.05) is 39.8 Å². The summed E-state index contributed by atoms with van der Waals surface area (Å²) in [7, 11) is 2.12. The Morgan fingerprint density at radius 2 is 1.83 bits per heavy atom. The van der Waals surface area contributed by atoms with E-state index >= 15 is 0 Å². The van der Waals surface area contributed by atoms with Gasteiger partial charge in [-0.15, -0.1) is 0 Å². The average Bonchev–Trinajstić information content (AvgIpc) is 2.09. The second-order valence-corrected chi connectivity index (χ2v) is 3.47. The molecule has 0 spiro atoms. The van der Waals surface area contributed by atoms with Gasteiger partial charge in [0.05, 0.1) is 6.54 Å². The highest BCUT2D eigenvalue weighted by Gasteiger charge is 2.15. The van der Waals surface area contributed by atoms with Gasteiger partial charge < -0.3 is 4.90 Å². The maximum atomic E-state index is 11.1. The lowest BCUT2D eigenvalue weighted by molar-refractivity contribution is -0.120. The van der Waals surface area contributed by atoms with Gasteiger partial charge in [0.25, 0.3) is 0 Å². The van der Waals surface area contributed by atoms with Crippen molar-refractivity contribution in [2.24, 2.45) is 0 Å². The summed E-state index contributed by atoms with van der Waals surface area (Å²) in [6.45, 7) is 6.86. The predicted molar refractivity (Wildman–Crippen MR) is 49.2 cm³/mol. The number of rotatable bonds is 3. The van der Waals surface area contributed by atoms with Crippen molar-refractivity contribution in [3.05, 3.63) is 0 Å². The van der Waals surface area contributed by atoms with E-state index in [9.17, 15) is 4.79 Å². The molecule has 0 amide bonds. The van der Waals surface area contributed by atoms with Crippen LogP contribution in [-0.4, -0.2) is 55.4 Å². The van der Waals surface area contributed by atoms with Crippen LogP contribution < -0.4 is 0 Å². The lowest BCUT2D eigenvalue weighted by Gasteiger charge is -2.31.